The van der Waals surface area contributed by atoms with E-state index in [0.29, 0.717) is 18.7 Å². The minimum Gasteiger partial charge on any atom is -0.371 e. The molecule has 20 heavy (non-hydrogen) atoms. The average Bonchev–Trinajstić information content (AvgIpc) is 2.75. The lowest BCUT2D eigenvalue weighted by Crippen LogP contribution is -2.44. The zero-order valence-electron chi connectivity index (χ0n) is 11.5. The Balaban J connectivity index is 1.67. The molecule has 3 atom stereocenters. The molecule has 0 aliphatic carbocycles. The molecule has 2 aliphatic heterocycles. The third-order valence-corrected chi connectivity index (χ3v) is 4.17. The molecule has 0 aromatic heterocycles. The molecule has 1 aromatic rings. The molecule has 2 saturated heterocycles. The predicted molar refractivity (Wildman–Crippen MR) is 72.5 cm³/mol. The molecule has 3 rings (SSSR count). The molecule has 1 N–H and O–H groups in total. The van der Waals surface area contributed by atoms with E-state index in [-0.39, 0.29) is 29.9 Å². The quantitative estimate of drug-likeness (QED) is 0.902. The highest BCUT2D eigenvalue weighted by Gasteiger charge is 2.44. The second-order valence-electron chi connectivity index (χ2n) is 5.54. The molecule has 1 aromatic carbocycles. The van der Waals surface area contributed by atoms with Crippen molar-refractivity contribution in [2.75, 3.05) is 20.1 Å². The maximum absolute atomic E-state index is 13.7. The van der Waals surface area contributed by atoms with Gasteiger partial charge in [-0.1, -0.05) is 18.2 Å². The van der Waals surface area contributed by atoms with Gasteiger partial charge in [0.05, 0.1) is 18.1 Å². The molecule has 0 unspecified atom stereocenters. The minimum atomic E-state index is -0.172. The van der Waals surface area contributed by atoms with Crippen molar-refractivity contribution in [3.63, 3.8) is 0 Å². The van der Waals surface area contributed by atoms with Gasteiger partial charge < -0.3 is 10.1 Å². The summed E-state index contributed by atoms with van der Waals surface area (Å²) in [6, 6.07) is 6.84. The highest BCUT2D eigenvalue weighted by Crippen LogP contribution is 2.32. The molecule has 0 spiro atoms. The topological polar surface area (TPSA) is 41.6 Å². The summed E-state index contributed by atoms with van der Waals surface area (Å²) in [6.45, 7) is 2.02. The monoisotopic (exact) mass is 278 g/mol. The number of rotatable bonds is 3. The summed E-state index contributed by atoms with van der Waals surface area (Å²) >= 11 is 0. The van der Waals surface area contributed by atoms with Gasteiger partial charge in [-0.2, -0.15) is 0 Å². The van der Waals surface area contributed by atoms with E-state index in [1.807, 2.05) is 12.1 Å². The SMILES string of the molecule is CNC(=O)[C@@H]1C[C@H]2CN(Cc3ccccc3F)C[C@H]1O2. The maximum Gasteiger partial charge on any atom is 0.225 e. The third-order valence-electron chi connectivity index (χ3n) is 4.17. The summed E-state index contributed by atoms with van der Waals surface area (Å²) in [5.74, 6) is -0.199. The van der Waals surface area contributed by atoms with Gasteiger partial charge in [-0.25, -0.2) is 4.39 Å². The number of morpholine rings is 1. The molecule has 2 heterocycles. The number of ether oxygens (including phenoxy) is 1. The number of benzene rings is 1. The number of nitrogens with zero attached hydrogens (tertiary/aromatic N) is 1. The number of nitrogens with one attached hydrogen (secondary N) is 1. The van der Waals surface area contributed by atoms with Crippen LogP contribution < -0.4 is 5.32 Å². The van der Waals surface area contributed by atoms with Crippen molar-refractivity contribution in [2.45, 2.75) is 25.2 Å². The van der Waals surface area contributed by atoms with Gasteiger partial charge in [-0.15, -0.1) is 0 Å². The summed E-state index contributed by atoms with van der Waals surface area (Å²) in [5.41, 5.74) is 0.699. The number of likely N-dealkylation sites (tertiary alicyclic amines) is 1. The van der Waals surface area contributed by atoms with E-state index in [0.717, 1.165) is 13.0 Å². The molecule has 4 nitrogen and oxygen atoms in total. The first-order valence-corrected chi connectivity index (χ1v) is 7.00. The second-order valence-corrected chi connectivity index (χ2v) is 5.54. The maximum atomic E-state index is 13.7. The second kappa shape index (κ2) is 5.50. The highest BCUT2D eigenvalue weighted by atomic mass is 19.1. The van der Waals surface area contributed by atoms with Crippen molar-refractivity contribution in [3.8, 4) is 0 Å². The van der Waals surface area contributed by atoms with Crippen LogP contribution in [0.5, 0.6) is 0 Å². The first-order valence-electron chi connectivity index (χ1n) is 7.00. The van der Waals surface area contributed by atoms with E-state index >= 15 is 0 Å². The van der Waals surface area contributed by atoms with Crippen LogP contribution >= 0.6 is 0 Å². The van der Waals surface area contributed by atoms with Gasteiger partial charge in [0, 0.05) is 32.2 Å². The number of carbonyl (C=O) groups is 1. The number of hydrogen-bond donors (Lipinski definition) is 1. The third kappa shape index (κ3) is 2.55. The van der Waals surface area contributed by atoms with Crippen LogP contribution in [0.2, 0.25) is 0 Å². The van der Waals surface area contributed by atoms with Crippen LogP contribution in [0.15, 0.2) is 24.3 Å². The van der Waals surface area contributed by atoms with Crippen LogP contribution in [0.25, 0.3) is 0 Å². The van der Waals surface area contributed by atoms with Gasteiger partial charge in [-0.05, 0) is 12.5 Å². The van der Waals surface area contributed by atoms with E-state index in [9.17, 15) is 9.18 Å². The summed E-state index contributed by atoms with van der Waals surface area (Å²) in [7, 11) is 1.65. The minimum absolute atomic E-state index is 0.0465. The summed E-state index contributed by atoms with van der Waals surface area (Å²) in [4.78, 5) is 14.0. The van der Waals surface area contributed by atoms with Gasteiger partial charge in [0.1, 0.15) is 5.82 Å². The number of amides is 1. The lowest BCUT2D eigenvalue weighted by atomic mass is 10.00. The molecular formula is C15H19FN2O2. The fourth-order valence-electron chi connectivity index (χ4n) is 3.20. The van der Waals surface area contributed by atoms with Crippen molar-refractivity contribution >= 4 is 5.91 Å². The van der Waals surface area contributed by atoms with Crippen molar-refractivity contribution in [3.05, 3.63) is 35.6 Å². The van der Waals surface area contributed by atoms with Crippen LogP contribution in [0.4, 0.5) is 4.39 Å². The van der Waals surface area contributed by atoms with E-state index in [1.165, 1.54) is 6.07 Å². The Kier molecular flexibility index (Phi) is 3.72. The van der Waals surface area contributed by atoms with Gasteiger partial charge in [0.2, 0.25) is 5.91 Å². The molecular weight excluding hydrogens is 259 g/mol. The largest absolute Gasteiger partial charge is 0.371 e. The van der Waals surface area contributed by atoms with E-state index < -0.39 is 0 Å². The van der Waals surface area contributed by atoms with Crippen molar-refractivity contribution in [2.24, 2.45) is 5.92 Å². The smallest absolute Gasteiger partial charge is 0.225 e. The Morgan fingerprint density at radius 2 is 2.25 bits per heavy atom. The van der Waals surface area contributed by atoms with Crippen LogP contribution in [0.3, 0.4) is 0 Å². The zero-order valence-corrected chi connectivity index (χ0v) is 11.5. The fourth-order valence-corrected chi connectivity index (χ4v) is 3.20. The zero-order chi connectivity index (χ0) is 14.1. The first kappa shape index (κ1) is 13.5. The summed E-state index contributed by atoms with van der Waals surface area (Å²) < 4.78 is 19.5. The normalized spacial score (nSPS) is 29.4. The Hall–Kier alpha value is -1.46. The lowest BCUT2D eigenvalue weighted by molar-refractivity contribution is -0.127. The Labute approximate surface area is 117 Å². The lowest BCUT2D eigenvalue weighted by Gasteiger charge is -2.32. The van der Waals surface area contributed by atoms with E-state index in [4.69, 9.17) is 4.74 Å². The standard InChI is InChI=1S/C15H19FN2O2/c1-17-15(19)12-6-11-8-18(9-14(12)20-11)7-10-4-2-3-5-13(10)16/h2-5,11-12,14H,6-9H2,1H3,(H,17,19)/t11-,12+,14+/m0/s1. The number of carbonyl (C=O) groups excluding carboxylic acids is 1. The van der Waals surface area contributed by atoms with Crippen LogP contribution in [-0.4, -0.2) is 43.2 Å². The Bertz CT molecular complexity index is 508. The van der Waals surface area contributed by atoms with Gasteiger partial charge >= 0.3 is 0 Å². The van der Waals surface area contributed by atoms with Crippen molar-refractivity contribution < 1.29 is 13.9 Å². The number of fused-ring (bicyclic) bond motifs is 2. The fraction of sp³-hybridized carbons (Fsp3) is 0.533. The summed E-state index contributed by atoms with van der Waals surface area (Å²) in [5, 5.41) is 2.70. The molecule has 5 heteroatoms. The van der Waals surface area contributed by atoms with Gasteiger partial charge in [0.25, 0.3) is 0 Å². The van der Waals surface area contributed by atoms with Gasteiger partial charge in [-0.3, -0.25) is 9.69 Å². The first-order chi connectivity index (χ1) is 9.67. The van der Waals surface area contributed by atoms with Gasteiger partial charge in [0.15, 0.2) is 0 Å². The number of hydrogen-bond acceptors (Lipinski definition) is 3. The molecule has 0 saturated carbocycles. The van der Waals surface area contributed by atoms with E-state index in [1.54, 1.807) is 13.1 Å². The summed E-state index contributed by atoms with van der Waals surface area (Å²) in [6.07, 6.45) is 0.779. The predicted octanol–water partition coefficient (Wildman–Crippen LogP) is 1.16. The number of halogens is 1. The average molecular weight is 278 g/mol. The molecule has 108 valence electrons. The van der Waals surface area contributed by atoms with Crippen LogP contribution in [0, 0.1) is 11.7 Å². The van der Waals surface area contributed by atoms with Crippen LogP contribution in [0.1, 0.15) is 12.0 Å². The molecule has 2 bridgehead atoms. The Morgan fingerprint density at radius 3 is 3.00 bits per heavy atom. The van der Waals surface area contributed by atoms with E-state index in [2.05, 4.69) is 10.2 Å². The molecule has 1 amide bonds. The molecule has 0 radical (unpaired) electrons. The van der Waals surface area contributed by atoms with Crippen LogP contribution in [-0.2, 0) is 16.1 Å². The van der Waals surface area contributed by atoms with Crippen molar-refractivity contribution in [1.82, 2.24) is 10.2 Å². The molecule has 2 fully saturated rings. The molecule has 2 aliphatic rings. The highest BCUT2D eigenvalue weighted by molar-refractivity contribution is 5.79. The van der Waals surface area contributed by atoms with Crippen molar-refractivity contribution in [1.29, 1.82) is 0 Å². The Morgan fingerprint density at radius 1 is 1.45 bits per heavy atom.